The SMILES string of the molecule is CCOC(=O)c1sc(Nc2nc(-c3ccc(C(=O)NN4CCC(C(=O)OCC)CC4)cc3)cc(N3CCC(O)CC3)n2)nc1C. The summed E-state index contributed by atoms with van der Waals surface area (Å²) in [4.78, 5) is 53.8. The number of aromatic nitrogens is 3. The van der Waals surface area contributed by atoms with Gasteiger partial charge in [0.05, 0.1) is 36.6 Å². The maximum atomic E-state index is 13.0. The molecule has 240 valence electrons. The second-order valence-electron chi connectivity index (χ2n) is 11.0. The minimum Gasteiger partial charge on any atom is -0.466 e. The molecule has 13 nitrogen and oxygen atoms in total. The summed E-state index contributed by atoms with van der Waals surface area (Å²) >= 11 is 1.17. The number of hydrogen-bond donors (Lipinski definition) is 3. The van der Waals surface area contributed by atoms with Crippen LogP contribution < -0.4 is 15.6 Å². The number of rotatable bonds is 10. The van der Waals surface area contributed by atoms with Crippen molar-refractivity contribution < 1.29 is 29.0 Å². The van der Waals surface area contributed by atoms with E-state index in [4.69, 9.17) is 19.4 Å². The van der Waals surface area contributed by atoms with Crippen LogP contribution in [0.5, 0.6) is 0 Å². The maximum Gasteiger partial charge on any atom is 0.350 e. The van der Waals surface area contributed by atoms with Crippen LogP contribution in [-0.2, 0) is 14.3 Å². The van der Waals surface area contributed by atoms with Crippen LogP contribution in [0.15, 0.2) is 30.3 Å². The number of aliphatic hydroxyl groups is 1. The molecule has 2 aliphatic rings. The quantitative estimate of drug-likeness (QED) is 0.277. The number of aliphatic hydroxyl groups excluding tert-OH is 1. The number of carbonyl (C=O) groups excluding carboxylic acids is 3. The van der Waals surface area contributed by atoms with Crippen molar-refractivity contribution in [2.24, 2.45) is 5.92 Å². The molecule has 2 fully saturated rings. The van der Waals surface area contributed by atoms with Crippen molar-refractivity contribution in [1.82, 2.24) is 25.4 Å². The predicted octanol–water partition coefficient (Wildman–Crippen LogP) is 3.71. The van der Waals surface area contributed by atoms with Crippen LogP contribution in [0.4, 0.5) is 16.9 Å². The van der Waals surface area contributed by atoms with E-state index in [-0.39, 0.29) is 30.5 Å². The fourth-order valence-electron chi connectivity index (χ4n) is 5.31. The van der Waals surface area contributed by atoms with E-state index in [2.05, 4.69) is 20.6 Å². The number of nitrogens with one attached hydrogen (secondary N) is 2. The third-order valence-electron chi connectivity index (χ3n) is 7.79. The standard InChI is InChI=1S/C31H39N7O6S/c1-4-43-28(41)22-10-16-38(17-11-22)36-27(40)21-8-6-20(7-9-21)24-18-25(37-14-12-23(39)13-15-37)34-30(33-24)35-31-32-19(3)26(45-31)29(42)44-5-2/h6-9,18,22-23,39H,4-5,10-17H2,1-3H3,(H,36,40)(H,32,33,34,35). The number of hydrogen-bond acceptors (Lipinski definition) is 13. The second-order valence-corrected chi connectivity index (χ2v) is 12.0. The Hall–Kier alpha value is -4.14. The normalized spacial score (nSPS) is 16.3. The molecule has 1 amide bonds. The molecule has 0 unspecified atom stereocenters. The van der Waals surface area contributed by atoms with Gasteiger partial charge in [-0.3, -0.25) is 20.3 Å². The third-order valence-corrected chi connectivity index (χ3v) is 8.85. The van der Waals surface area contributed by atoms with Gasteiger partial charge in [-0.1, -0.05) is 23.5 Å². The summed E-state index contributed by atoms with van der Waals surface area (Å²) in [7, 11) is 0. The highest BCUT2D eigenvalue weighted by atomic mass is 32.1. The van der Waals surface area contributed by atoms with E-state index in [0.717, 1.165) is 5.56 Å². The topological polar surface area (TPSA) is 159 Å². The van der Waals surface area contributed by atoms with Crippen molar-refractivity contribution in [3.8, 4) is 11.3 Å². The lowest BCUT2D eigenvalue weighted by molar-refractivity contribution is -0.149. The highest BCUT2D eigenvalue weighted by Gasteiger charge is 2.27. The number of amides is 1. The average Bonchev–Trinajstić information content (AvgIpc) is 3.41. The van der Waals surface area contributed by atoms with E-state index in [1.807, 2.05) is 23.2 Å². The van der Waals surface area contributed by atoms with Crippen LogP contribution in [0.2, 0.25) is 0 Å². The number of ether oxygens (including phenoxy) is 2. The molecule has 0 saturated carbocycles. The first-order valence-corrected chi connectivity index (χ1v) is 16.1. The molecule has 14 heteroatoms. The number of aryl methyl sites for hydroxylation is 1. The van der Waals surface area contributed by atoms with E-state index < -0.39 is 5.97 Å². The lowest BCUT2D eigenvalue weighted by atomic mass is 9.98. The van der Waals surface area contributed by atoms with Crippen molar-refractivity contribution in [2.75, 3.05) is 49.6 Å². The summed E-state index contributed by atoms with van der Waals surface area (Å²) in [6.07, 6.45) is 2.21. The van der Waals surface area contributed by atoms with Gasteiger partial charge in [0, 0.05) is 43.4 Å². The number of anilines is 3. The number of piperidine rings is 2. The molecule has 2 aliphatic heterocycles. The Balaban J connectivity index is 1.32. The molecule has 2 saturated heterocycles. The molecule has 1 aromatic carbocycles. The lowest BCUT2D eigenvalue weighted by Crippen LogP contribution is -2.47. The summed E-state index contributed by atoms with van der Waals surface area (Å²) in [5, 5.41) is 15.5. The van der Waals surface area contributed by atoms with E-state index in [9.17, 15) is 19.5 Å². The third kappa shape index (κ3) is 8.12. The monoisotopic (exact) mass is 637 g/mol. The fraction of sp³-hybridized carbons (Fsp3) is 0.484. The molecule has 0 spiro atoms. The summed E-state index contributed by atoms with van der Waals surface area (Å²) in [6, 6.07) is 9.06. The molecular weight excluding hydrogens is 598 g/mol. The average molecular weight is 638 g/mol. The molecule has 2 aromatic heterocycles. The summed E-state index contributed by atoms with van der Waals surface area (Å²) in [6.45, 7) is 8.38. The van der Waals surface area contributed by atoms with Crippen LogP contribution in [0.3, 0.4) is 0 Å². The van der Waals surface area contributed by atoms with Gasteiger partial charge in [-0.15, -0.1) is 0 Å². The minimum atomic E-state index is -0.423. The Morgan fingerprint density at radius 2 is 1.64 bits per heavy atom. The molecule has 4 heterocycles. The van der Waals surface area contributed by atoms with Crippen molar-refractivity contribution in [2.45, 2.75) is 52.6 Å². The van der Waals surface area contributed by atoms with Gasteiger partial charge in [0.1, 0.15) is 10.7 Å². The van der Waals surface area contributed by atoms with Gasteiger partial charge in [-0.25, -0.2) is 19.8 Å². The zero-order chi connectivity index (χ0) is 31.9. The van der Waals surface area contributed by atoms with E-state index in [0.29, 0.717) is 97.2 Å². The molecule has 0 bridgehead atoms. The van der Waals surface area contributed by atoms with Crippen molar-refractivity contribution in [3.05, 3.63) is 46.5 Å². The fourth-order valence-corrected chi connectivity index (χ4v) is 6.17. The van der Waals surface area contributed by atoms with Crippen molar-refractivity contribution in [3.63, 3.8) is 0 Å². The van der Waals surface area contributed by atoms with Crippen LogP contribution in [0.1, 0.15) is 65.3 Å². The molecular formula is C31H39N7O6S. The maximum absolute atomic E-state index is 13.0. The van der Waals surface area contributed by atoms with Gasteiger partial charge < -0.3 is 19.5 Å². The van der Waals surface area contributed by atoms with E-state index in [1.165, 1.54) is 11.3 Å². The zero-order valence-electron chi connectivity index (χ0n) is 25.7. The Bertz CT molecular complexity index is 1500. The summed E-state index contributed by atoms with van der Waals surface area (Å²) < 4.78 is 10.3. The van der Waals surface area contributed by atoms with Crippen LogP contribution in [0, 0.1) is 12.8 Å². The predicted molar refractivity (Wildman–Crippen MR) is 169 cm³/mol. The summed E-state index contributed by atoms with van der Waals surface area (Å²) in [5.74, 6) is 0.0423. The van der Waals surface area contributed by atoms with Gasteiger partial charge in [0.25, 0.3) is 5.91 Å². The molecule has 0 radical (unpaired) electrons. The number of benzene rings is 1. The van der Waals surface area contributed by atoms with Crippen molar-refractivity contribution in [1.29, 1.82) is 0 Å². The minimum absolute atomic E-state index is 0.135. The van der Waals surface area contributed by atoms with Crippen LogP contribution >= 0.6 is 11.3 Å². The van der Waals surface area contributed by atoms with Crippen LogP contribution in [-0.4, -0.2) is 88.4 Å². The van der Waals surface area contributed by atoms with Gasteiger partial charge in [-0.2, -0.15) is 4.98 Å². The first kappa shape index (κ1) is 32.3. The molecule has 45 heavy (non-hydrogen) atoms. The zero-order valence-corrected chi connectivity index (χ0v) is 26.6. The summed E-state index contributed by atoms with van der Waals surface area (Å²) in [5.41, 5.74) is 5.42. The molecule has 0 atom stereocenters. The van der Waals surface area contributed by atoms with Crippen molar-refractivity contribution >= 4 is 46.1 Å². The number of esters is 2. The molecule has 3 aromatic rings. The number of nitrogens with zero attached hydrogens (tertiary/aromatic N) is 5. The van der Waals surface area contributed by atoms with Gasteiger partial charge in [-0.05, 0) is 58.6 Å². The molecule has 3 N–H and O–H groups in total. The van der Waals surface area contributed by atoms with Crippen LogP contribution in [0.25, 0.3) is 11.3 Å². The Morgan fingerprint density at radius 3 is 2.31 bits per heavy atom. The van der Waals surface area contributed by atoms with Gasteiger partial charge >= 0.3 is 11.9 Å². The lowest BCUT2D eigenvalue weighted by Gasteiger charge is -2.31. The second kappa shape index (κ2) is 14.8. The van der Waals surface area contributed by atoms with Gasteiger partial charge in [0.15, 0.2) is 5.13 Å². The Morgan fingerprint density at radius 1 is 0.956 bits per heavy atom. The van der Waals surface area contributed by atoms with E-state index in [1.54, 1.807) is 32.9 Å². The highest BCUT2D eigenvalue weighted by Crippen LogP contribution is 2.30. The Kier molecular flexibility index (Phi) is 10.6. The van der Waals surface area contributed by atoms with E-state index >= 15 is 0 Å². The molecule has 0 aliphatic carbocycles. The number of carbonyl (C=O) groups is 3. The number of hydrazine groups is 1. The number of thiazole rings is 1. The Labute approximate surface area is 265 Å². The molecule has 5 rings (SSSR count). The smallest absolute Gasteiger partial charge is 0.350 e. The van der Waals surface area contributed by atoms with Gasteiger partial charge in [0.2, 0.25) is 5.95 Å². The first-order valence-electron chi connectivity index (χ1n) is 15.3. The largest absolute Gasteiger partial charge is 0.466 e. The highest BCUT2D eigenvalue weighted by molar-refractivity contribution is 7.17. The first-order chi connectivity index (χ1) is 21.7.